The van der Waals surface area contributed by atoms with Crippen LogP contribution in [0.5, 0.6) is 5.75 Å². The fourth-order valence-corrected chi connectivity index (χ4v) is 3.20. The average molecular weight is 310 g/mol. The second kappa shape index (κ2) is 6.84. The molecule has 0 aromatic heterocycles. The van der Waals surface area contributed by atoms with Gasteiger partial charge in [0.05, 0.1) is 7.11 Å². The van der Waals surface area contributed by atoms with E-state index in [2.05, 4.69) is 0 Å². The number of nitrogens with two attached hydrogens (primary N) is 1. The second-order valence-electron chi connectivity index (χ2n) is 5.81. The van der Waals surface area contributed by atoms with Crippen molar-refractivity contribution in [2.45, 2.75) is 18.9 Å². The Labute approximate surface area is 136 Å². The van der Waals surface area contributed by atoms with Crippen LogP contribution in [-0.4, -0.2) is 37.0 Å². The van der Waals surface area contributed by atoms with Gasteiger partial charge in [0.2, 0.25) is 0 Å². The number of benzene rings is 2. The van der Waals surface area contributed by atoms with Crippen LogP contribution in [0, 0.1) is 0 Å². The van der Waals surface area contributed by atoms with Crippen LogP contribution in [0.15, 0.2) is 48.5 Å². The summed E-state index contributed by atoms with van der Waals surface area (Å²) in [5.74, 6) is 0.822. The van der Waals surface area contributed by atoms with Crippen molar-refractivity contribution in [3.05, 3.63) is 54.1 Å². The van der Waals surface area contributed by atoms with Gasteiger partial charge in [-0.3, -0.25) is 4.79 Å². The Bertz CT molecular complexity index is 685. The maximum absolute atomic E-state index is 12.8. The van der Waals surface area contributed by atoms with E-state index in [9.17, 15) is 4.79 Å². The molecule has 1 amide bonds. The normalized spacial score (nSPS) is 17.3. The number of hydrogen-bond donors (Lipinski definition) is 1. The Kier molecular flexibility index (Phi) is 4.63. The molecule has 1 aliphatic rings. The fraction of sp³-hybridized carbons (Fsp3) is 0.316. The van der Waals surface area contributed by atoms with Crippen molar-refractivity contribution in [3.63, 3.8) is 0 Å². The summed E-state index contributed by atoms with van der Waals surface area (Å²) in [7, 11) is 1.65. The van der Waals surface area contributed by atoms with Gasteiger partial charge in [0, 0.05) is 30.3 Å². The molecule has 3 rings (SSSR count). The molecule has 23 heavy (non-hydrogen) atoms. The molecule has 1 saturated heterocycles. The molecule has 0 aliphatic carbocycles. The minimum absolute atomic E-state index is 0.0535. The van der Waals surface area contributed by atoms with E-state index in [-0.39, 0.29) is 11.9 Å². The van der Waals surface area contributed by atoms with Gasteiger partial charge in [-0.1, -0.05) is 30.3 Å². The van der Waals surface area contributed by atoms with Gasteiger partial charge in [0.25, 0.3) is 5.91 Å². The molecule has 1 heterocycles. The third kappa shape index (κ3) is 3.08. The fourth-order valence-electron chi connectivity index (χ4n) is 3.20. The molecule has 2 aromatic carbocycles. The molecule has 2 N–H and O–H groups in total. The number of rotatable bonds is 4. The van der Waals surface area contributed by atoms with Crippen LogP contribution in [0.25, 0.3) is 11.1 Å². The first kappa shape index (κ1) is 15.6. The number of amides is 1. The minimum atomic E-state index is 0.0535. The average Bonchev–Trinajstić information content (AvgIpc) is 3.10. The maximum Gasteiger partial charge on any atom is 0.254 e. The summed E-state index contributed by atoms with van der Waals surface area (Å²) in [5.41, 5.74) is 8.45. The zero-order chi connectivity index (χ0) is 16.2. The third-order valence-corrected chi connectivity index (χ3v) is 4.44. The van der Waals surface area contributed by atoms with Crippen molar-refractivity contribution < 1.29 is 9.53 Å². The highest BCUT2D eigenvalue weighted by Crippen LogP contribution is 2.31. The molecular weight excluding hydrogens is 288 g/mol. The van der Waals surface area contributed by atoms with Crippen LogP contribution in [-0.2, 0) is 0 Å². The monoisotopic (exact) mass is 310 g/mol. The molecule has 2 aromatic rings. The molecule has 4 heteroatoms. The van der Waals surface area contributed by atoms with Gasteiger partial charge in [-0.25, -0.2) is 0 Å². The molecule has 4 nitrogen and oxygen atoms in total. The number of nitrogens with zero attached hydrogens (tertiary/aromatic N) is 1. The first-order valence-electron chi connectivity index (χ1n) is 7.99. The minimum Gasteiger partial charge on any atom is -0.496 e. The molecule has 1 unspecified atom stereocenters. The summed E-state index contributed by atoms with van der Waals surface area (Å²) in [4.78, 5) is 14.7. The van der Waals surface area contributed by atoms with Gasteiger partial charge in [0.15, 0.2) is 0 Å². The van der Waals surface area contributed by atoms with E-state index < -0.39 is 0 Å². The van der Waals surface area contributed by atoms with Crippen molar-refractivity contribution in [1.82, 2.24) is 4.90 Å². The zero-order valence-electron chi connectivity index (χ0n) is 13.4. The van der Waals surface area contributed by atoms with E-state index in [1.165, 1.54) is 0 Å². The standard InChI is InChI=1S/C19H22N2O2/c1-23-18-10-9-15(12-17(18)14-6-3-2-4-7-14)19(22)21-11-5-8-16(21)13-20/h2-4,6-7,9-10,12,16H,5,8,11,13,20H2,1H3. The van der Waals surface area contributed by atoms with Crippen molar-refractivity contribution in [3.8, 4) is 16.9 Å². The highest BCUT2D eigenvalue weighted by atomic mass is 16.5. The Morgan fingerprint density at radius 2 is 2.04 bits per heavy atom. The van der Waals surface area contributed by atoms with Crippen molar-refractivity contribution >= 4 is 5.91 Å². The number of likely N-dealkylation sites (tertiary alicyclic amines) is 1. The molecule has 0 radical (unpaired) electrons. The van der Waals surface area contributed by atoms with E-state index in [0.29, 0.717) is 12.1 Å². The molecular formula is C19H22N2O2. The molecule has 120 valence electrons. The lowest BCUT2D eigenvalue weighted by molar-refractivity contribution is 0.0741. The summed E-state index contributed by atoms with van der Waals surface area (Å²) >= 11 is 0. The van der Waals surface area contributed by atoms with Crippen LogP contribution in [0.2, 0.25) is 0 Å². The summed E-state index contributed by atoms with van der Waals surface area (Å²) < 4.78 is 5.46. The Morgan fingerprint density at radius 1 is 1.26 bits per heavy atom. The predicted molar refractivity (Wildman–Crippen MR) is 91.5 cm³/mol. The number of carbonyl (C=O) groups is 1. The first-order chi connectivity index (χ1) is 11.2. The number of methoxy groups -OCH3 is 1. The van der Waals surface area contributed by atoms with Crippen molar-refractivity contribution in [1.29, 1.82) is 0 Å². The molecule has 1 aliphatic heterocycles. The number of hydrogen-bond acceptors (Lipinski definition) is 3. The van der Waals surface area contributed by atoms with Gasteiger partial charge in [-0.15, -0.1) is 0 Å². The van der Waals surface area contributed by atoms with E-state index >= 15 is 0 Å². The van der Waals surface area contributed by atoms with Gasteiger partial charge < -0.3 is 15.4 Å². The molecule has 0 bridgehead atoms. The van der Waals surface area contributed by atoms with E-state index in [1.54, 1.807) is 7.11 Å². The van der Waals surface area contributed by atoms with Crippen molar-refractivity contribution in [2.24, 2.45) is 5.73 Å². The highest BCUT2D eigenvalue weighted by molar-refractivity contribution is 5.96. The Hall–Kier alpha value is -2.33. The highest BCUT2D eigenvalue weighted by Gasteiger charge is 2.28. The lowest BCUT2D eigenvalue weighted by Crippen LogP contribution is -2.39. The Morgan fingerprint density at radius 3 is 2.74 bits per heavy atom. The van der Waals surface area contributed by atoms with E-state index in [4.69, 9.17) is 10.5 Å². The van der Waals surface area contributed by atoms with E-state index in [0.717, 1.165) is 36.3 Å². The van der Waals surface area contributed by atoms with Gasteiger partial charge in [-0.2, -0.15) is 0 Å². The Balaban J connectivity index is 1.96. The zero-order valence-corrected chi connectivity index (χ0v) is 13.4. The molecule has 1 atom stereocenters. The second-order valence-corrected chi connectivity index (χ2v) is 5.81. The summed E-state index contributed by atoms with van der Waals surface area (Å²) in [6, 6.07) is 15.7. The van der Waals surface area contributed by atoms with Crippen LogP contribution >= 0.6 is 0 Å². The third-order valence-electron chi connectivity index (χ3n) is 4.44. The van der Waals surface area contributed by atoms with Crippen LogP contribution in [0.1, 0.15) is 23.2 Å². The lowest BCUT2D eigenvalue weighted by atomic mass is 10.0. The van der Waals surface area contributed by atoms with Gasteiger partial charge in [-0.05, 0) is 36.6 Å². The maximum atomic E-state index is 12.8. The summed E-state index contributed by atoms with van der Waals surface area (Å²) in [6.45, 7) is 1.31. The molecule has 0 spiro atoms. The molecule has 1 fully saturated rings. The van der Waals surface area contributed by atoms with Crippen molar-refractivity contribution in [2.75, 3.05) is 20.2 Å². The van der Waals surface area contributed by atoms with Crippen LogP contribution in [0.4, 0.5) is 0 Å². The summed E-state index contributed by atoms with van der Waals surface area (Å²) in [5, 5.41) is 0. The van der Waals surface area contributed by atoms with E-state index in [1.807, 2.05) is 53.4 Å². The largest absolute Gasteiger partial charge is 0.496 e. The van der Waals surface area contributed by atoms with Gasteiger partial charge in [0.1, 0.15) is 5.75 Å². The first-order valence-corrected chi connectivity index (χ1v) is 7.99. The smallest absolute Gasteiger partial charge is 0.254 e. The topological polar surface area (TPSA) is 55.6 Å². The van der Waals surface area contributed by atoms with Crippen LogP contribution < -0.4 is 10.5 Å². The lowest BCUT2D eigenvalue weighted by Gasteiger charge is -2.24. The molecule has 0 saturated carbocycles. The number of ether oxygens (including phenoxy) is 1. The summed E-state index contributed by atoms with van der Waals surface area (Å²) in [6.07, 6.45) is 2.01. The SMILES string of the molecule is COc1ccc(C(=O)N2CCCC2CN)cc1-c1ccccc1. The van der Waals surface area contributed by atoms with Crippen LogP contribution in [0.3, 0.4) is 0 Å². The number of carbonyl (C=O) groups excluding carboxylic acids is 1. The predicted octanol–water partition coefficient (Wildman–Crippen LogP) is 2.93. The quantitative estimate of drug-likeness (QED) is 0.944. The van der Waals surface area contributed by atoms with Gasteiger partial charge >= 0.3 is 0 Å².